The molecule has 0 aliphatic heterocycles. The number of benzene rings is 1. The van der Waals surface area contributed by atoms with Crippen LogP contribution in [-0.2, 0) is 6.42 Å². The minimum absolute atomic E-state index is 0.115. The maximum Gasteiger partial charge on any atom is 0.231 e. The molecule has 3 nitrogen and oxygen atoms in total. The van der Waals surface area contributed by atoms with E-state index in [9.17, 15) is 9.90 Å². The van der Waals surface area contributed by atoms with Crippen molar-refractivity contribution in [3.05, 3.63) is 40.2 Å². The van der Waals surface area contributed by atoms with E-state index in [1.807, 2.05) is 18.2 Å². The van der Waals surface area contributed by atoms with Crippen molar-refractivity contribution in [1.82, 2.24) is 4.98 Å². The summed E-state index contributed by atoms with van der Waals surface area (Å²) in [6.07, 6.45) is 6.63. The standard InChI is InChI=1S/C18H25NO2/c1-13(2)9-5-3-4-6-12-16-18(21)17(20)14-10-7-8-11-15(14)19-16/h7-8,10-11,13,21H,3-6,9,12H2,1-2H3,(H,19,20). The quantitative estimate of drug-likeness (QED) is 0.742. The third-order valence-electron chi connectivity index (χ3n) is 3.92. The van der Waals surface area contributed by atoms with Gasteiger partial charge in [0, 0.05) is 10.9 Å². The van der Waals surface area contributed by atoms with Crippen LogP contribution in [0, 0.1) is 5.92 Å². The van der Waals surface area contributed by atoms with Gasteiger partial charge in [0.25, 0.3) is 0 Å². The average Bonchev–Trinajstić information content (AvgIpc) is 2.47. The average molecular weight is 287 g/mol. The van der Waals surface area contributed by atoms with Gasteiger partial charge < -0.3 is 10.1 Å². The number of hydrogen-bond donors (Lipinski definition) is 2. The fraction of sp³-hybridized carbons (Fsp3) is 0.500. The molecule has 0 spiro atoms. The van der Waals surface area contributed by atoms with Crippen LogP contribution in [0.2, 0.25) is 0 Å². The van der Waals surface area contributed by atoms with Crippen LogP contribution in [0.15, 0.2) is 29.1 Å². The summed E-state index contributed by atoms with van der Waals surface area (Å²) in [5, 5.41) is 10.6. The molecular formula is C18H25NO2. The summed E-state index contributed by atoms with van der Waals surface area (Å²) in [6.45, 7) is 4.50. The van der Waals surface area contributed by atoms with Gasteiger partial charge in [0.1, 0.15) is 0 Å². The lowest BCUT2D eigenvalue weighted by atomic mass is 10.0. The van der Waals surface area contributed by atoms with Crippen LogP contribution in [-0.4, -0.2) is 10.1 Å². The summed E-state index contributed by atoms with van der Waals surface area (Å²) in [5.41, 5.74) is 1.21. The van der Waals surface area contributed by atoms with Crippen molar-refractivity contribution < 1.29 is 5.11 Å². The summed E-state index contributed by atoms with van der Waals surface area (Å²) < 4.78 is 0. The Morgan fingerprint density at radius 2 is 1.81 bits per heavy atom. The van der Waals surface area contributed by atoms with Crippen LogP contribution in [0.5, 0.6) is 5.75 Å². The number of nitrogens with one attached hydrogen (secondary N) is 1. The fourth-order valence-corrected chi connectivity index (χ4v) is 2.67. The second kappa shape index (κ2) is 7.30. The first kappa shape index (κ1) is 15.6. The van der Waals surface area contributed by atoms with E-state index in [0.29, 0.717) is 11.1 Å². The van der Waals surface area contributed by atoms with E-state index in [1.54, 1.807) is 6.07 Å². The molecule has 2 rings (SSSR count). The summed E-state index contributed by atoms with van der Waals surface area (Å²) in [7, 11) is 0. The lowest BCUT2D eigenvalue weighted by Gasteiger charge is -2.08. The van der Waals surface area contributed by atoms with Crippen LogP contribution in [0.25, 0.3) is 10.9 Å². The highest BCUT2D eigenvalue weighted by atomic mass is 16.3. The highest BCUT2D eigenvalue weighted by Gasteiger charge is 2.10. The van der Waals surface area contributed by atoms with Gasteiger partial charge in [-0.15, -0.1) is 0 Å². The zero-order chi connectivity index (χ0) is 15.2. The van der Waals surface area contributed by atoms with Crippen LogP contribution in [0.4, 0.5) is 0 Å². The van der Waals surface area contributed by atoms with Crippen molar-refractivity contribution in [1.29, 1.82) is 0 Å². The van der Waals surface area contributed by atoms with Gasteiger partial charge in [-0.1, -0.05) is 51.7 Å². The first-order valence-corrected chi connectivity index (χ1v) is 7.92. The van der Waals surface area contributed by atoms with E-state index >= 15 is 0 Å². The van der Waals surface area contributed by atoms with Crippen molar-refractivity contribution in [2.75, 3.05) is 0 Å². The highest BCUT2D eigenvalue weighted by Crippen LogP contribution is 2.18. The molecule has 3 heteroatoms. The molecule has 1 aromatic carbocycles. The van der Waals surface area contributed by atoms with Gasteiger partial charge in [0.2, 0.25) is 5.43 Å². The molecule has 0 bridgehead atoms. The molecule has 0 aliphatic carbocycles. The fourth-order valence-electron chi connectivity index (χ4n) is 2.67. The molecule has 2 N–H and O–H groups in total. The molecular weight excluding hydrogens is 262 g/mol. The largest absolute Gasteiger partial charge is 0.503 e. The third kappa shape index (κ3) is 4.10. The number of aryl methyl sites for hydroxylation is 1. The van der Waals surface area contributed by atoms with Crippen molar-refractivity contribution in [3.8, 4) is 5.75 Å². The summed E-state index contributed by atoms with van der Waals surface area (Å²) in [5.74, 6) is 0.654. The van der Waals surface area contributed by atoms with Gasteiger partial charge in [-0.3, -0.25) is 4.79 Å². The Hall–Kier alpha value is -1.77. The Balaban J connectivity index is 1.96. The molecule has 0 saturated heterocycles. The number of aromatic hydroxyl groups is 1. The van der Waals surface area contributed by atoms with E-state index in [0.717, 1.165) is 30.7 Å². The predicted molar refractivity (Wildman–Crippen MR) is 87.9 cm³/mol. The number of para-hydroxylation sites is 1. The number of hydrogen-bond acceptors (Lipinski definition) is 2. The van der Waals surface area contributed by atoms with Crippen LogP contribution >= 0.6 is 0 Å². The minimum atomic E-state index is -0.265. The summed E-state index contributed by atoms with van der Waals surface area (Å²) in [6, 6.07) is 7.32. The van der Waals surface area contributed by atoms with Crippen LogP contribution in [0.3, 0.4) is 0 Å². The van der Waals surface area contributed by atoms with E-state index in [2.05, 4.69) is 18.8 Å². The molecule has 1 heterocycles. The Morgan fingerprint density at radius 3 is 2.57 bits per heavy atom. The zero-order valence-electron chi connectivity index (χ0n) is 13.0. The van der Waals surface area contributed by atoms with Crippen molar-refractivity contribution >= 4 is 10.9 Å². The summed E-state index contributed by atoms with van der Waals surface area (Å²) >= 11 is 0. The number of pyridine rings is 1. The monoisotopic (exact) mass is 287 g/mol. The topological polar surface area (TPSA) is 53.1 Å². The number of fused-ring (bicyclic) bond motifs is 1. The van der Waals surface area contributed by atoms with E-state index in [4.69, 9.17) is 0 Å². The lowest BCUT2D eigenvalue weighted by molar-refractivity contribution is 0.457. The summed E-state index contributed by atoms with van der Waals surface area (Å²) in [4.78, 5) is 15.3. The van der Waals surface area contributed by atoms with E-state index in [1.165, 1.54) is 19.3 Å². The Morgan fingerprint density at radius 1 is 1.10 bits per heavy atom. The van der Waals surface area contributed by atoms with Gasteiger partial charge in [0.15, 0.2) is 5.75 Å². The van der Waals surface area contributed by atoms with E-state index in [-0.39, 0.29) is 11.2 Å². The van der Waals surface area contributed by atoms with Gasteiger partial charge in [0.05, 0.1) is 5.69 Å². The minimum Gasteiger partial charge on any atom is -0.503 e. The first-order valence-electron chi connectivity index (χ1n) is 7.92. The second-order valence-corrected chi connectivity index (χ2v) is 6.17. The predicted octanol–water partition coefficient (Wildman–Crippen LogP) is 4.38. The van der Waals surface area contributed by atoms with Crippen molar-refractivity contribution in [2.45, 2.75) is 52.4 Å². The first-order chi connectivity index (χ1) is 10.1. The normalized spacial score (nSPS) is 11.4. The Bertz CT molecular complexity index is 643. The second-order valence-electron chi connectivity index (χ2n) is 6.17. The smallest absolute Gasteiger partial charge is 0.231 e. The van der Waals surface area contributed by atoms with Crippen LogP contribution < -0.4 is 5.43 Å². The molecule has 0 amide bonds. The number of unbranched alkanes of at least 4 members (excludes halogenated alkanes) is 3. The molecule has 0 radical (unpaired) electrons. The van der Waals surface area contributed by atoms with Crippen LogP contribution in [0.1, 0.15) is 51.6 Å². The van der Waals surface area contributed by atoms with Gasteiger partial charge in [-0.2, -0.15) is 0 Å². The van der Waals surface area contributed by atoms with Crippen molar-refractivity contribution in [2.24, 2.45) is 5.92 Å². The van der Waals surface area contributed by atoms with Gasteiger partial charge in [-0.25, -0.2) is 0 Å². The Labute approximate surface area is 126 Å². The molecule has 0 aliphatic rings. The highest BCUT2D eigenvalue weighted by molar-refractivity contribution is 5.79. The number of rotatable bonds is 7. The molecule has 2 aromatic rings. The zero-order valence-corrected chi connectivity index (χ0v) is 13.0. The third-order valence-corrected chi connectivity index (χ3v) is 3.92. The molecule has 114 valence electrons. The molecule has 0 fully saturated rings. The van der Waals surface area contributed by atoms with Crippen molar-refractivity contribution in [3.63, 3.8) is 0 Å². The Kier molecular flexibility index (Phi) is 5.43. The molecule has 21 heavy (non-hydrogen) atoms. The maximum absolute atomic E-state index is 12.1. The molecule has 0 unspecified atom stereocenters. The number of aromatic amines is 1. The number of H-pyrrole nitrogens is 1. The molecule has 0 atom stereocenters. The van der Waals surface area contributed by atoms with Gasteiger partial charge in [-0.05, 0) is 30.9 Å². The molecule has 0 saturated carbocycles. The SMILES string of the molecule is CC(C)CCCCCCc1[nH]c2ccccc2c(=O)c1O. The van der Waals surface area contributed by atoms with Gasteiger partial charge >= 0.3 is 0 Å². The number of aromatic nitrogens is 1. The van der Waals surface area contributed by atoms with E-state index < -0.39 is 0 Å². The maximum atomic E-state index is 12.1. The lowest BCUT2D eigenvalue weighted by Crippen LogP contribution is -2.07. The molecule has 1 aromatic heterocycles.